The Morgan fingerprint density at radius 2 is 1.76 bits per heavy atom. The van der Waals surface area contributed by atoms with E-state index in [1.807, 2.05) is 0 Å². The predicted octanol–water partition coefficient (Wildman–Crippen LogP) is 1.96. The van der Waals surface area contributed by atoms with Gasteiger partial charge in [-0.2, -0.15) is 0 Å². The fourth-order valence-corrected chi connectivity index (χ4v) is 7.88. The van der Waals surface area contributed by atoms with Crippen molar-refractivity contribution in [3.05, 3.63) is 0 Å². The van der Waals surface area contributed by atoms with Crippen LogP contribution in [0.25, 0.3) is 0 Å². The first kappa shape index (κ1) is 21.5. The lowest BCUT2D eigenvalue weighted by Crippen LogP contribution is -2.44. The molecule has 0 amide bonds. The summed E-state index contributed by atoms with van der Waals surface area (Å²) in [6.07, 6.45) is 5.17. The Morgan fingerprint density at radius 3 is 2.36 bits per heavy atom. The molecule has 0 aromatic rings. The van der Waals surface area contributed by atoms with Gasteiger partial charge in [0.25, 0.3) is 0 Å². The molecular weight excluding hydrogens is 354 g/mol. The third-order valence-corrected chi connectivity index (χ3v) is 9.22. The van der Waals surface area contributed by atoms with Crippen LogP contribution in [0.4, 0.5) is 0 Å². The van der Waals surface area contributed by atoms with Crippen molar-refractivity contribution in [2.45, 2.75) is 45.3 Å². The van der Waals surface area contributed by atoms with Crippen LogP contribution in [0.5, 0.6) is 0 Å². The minimum absolute atomic E-state index is 0.00860. The van der Waals surface area contributed by atoms with Crippen LogP contribution in [0, 0.1) is 11.3 Å². The molecule has 3 unspecified atom stereocenters. The Labute approximate surface area is 158 Å². The van der Waals surface area contributed by atoms with Gasteiger partial charge in [0.2, 0.25) is 10.0 Å². The molecule has 0 aromatic heterocycles. The number of hydrogen-bond donors (Lipinski definition) is 2. The highest BCUT2D eigenvalue weighted by Crippen LogP contribution is 2.36. The molecule has 5 nitrogen and oxygen atoms in total. The molecule has 1 aliphatic carbocycles. The smallest absolute Gasteiger partial charge is 0.214 e. The summed E-state index contributed by atoms with van der Waals surface area (Å²) in [4.78, 5) is 4.99. The minimum atomic E-state index is -3.15. The molecule has 2 rings (SSSR count). The van der Waals surface area contributed by atoms with Gasteiger partial charge in [0, 0.05) is 38.6 Å². The third-order valence-electron chi connectivity index (χ3n) is 5.34. The number of thiol groups is 1. The van der Waals surface area contributed by atoms with Gasteiger partial charge in [-0.05, 0) is 49.7 Å². The van der Waals surface area contributed by atoms with Crippen LogP contribution < -0.4 is 4.72 Å². The van der Waals surface area contributed by atoms with E-state index in [9.17, 15) is 8.42 Å². The van der Waals surface area contributed by atoms with Crippen LogP contribution in [0.2, 0.25) is 0 Å². The zero-order valence-electron chi connectivity index (χ0n) is 16.8. The van der Waals surface area contributed by atoms with E-state index in [0.717, 1.165) is 19.3 Å². The Morgan fingerprint density at radius 1 is 1.12 bits per heavy atom. The number of sulfonamides is 1. The van der Waals surface area contributed by atoms with Gasteiger partial charge in [-0.25, -0.2) is 24.0 Å². The van der Waals surface area contributed by atoms with Crippen molar-refractivity contribution >= 4 is 20.9 Å². The summed E-state index contributed by atoms with van der Waals surface area (Å²) in [5, 5.41) is -0.174. The van der Waals surface area contributed by atoms with E-state index in [4.69, 9.17) is 0 Å². The monoisotopic (exact) mass is 393 g/mol. The molecule has 2 fully saturated rings. The Balaban J connectivity index is 1.74. The second kappa shape index (κ2) is 8.91. The quantitative estimate of drug-likeness (QED) is 0.649. The molecule has 0 aromatic carbocycles. The zero-order valence-corrected chi connectivity index (χ0v) is 18.5. The van der Waals surface area contributed by atoms with Gasteiger partial charge in [-0.1, -0.05) is 20.8 Å². The molecule has 1 N–H and O–H groups in total. The van der Waals surface area contributed by atoms with Crippen molar-refractivity contribution in [2.75, 3.05) is 57.7 Å². The molecule has 2 aliphatic rings. The molecule has 1 aliphatic heterocycles. The van der Waals surface area contributed by atoms with Gasteiger partial charge >= 0.3 is 0 Å². The Kier molecular flexibility index (Phi) is 7.66. The summed E-state index contributed by atoms with van der Waals surface area (Å²) in [7, 11) is -0.978. The number of likely N-dealkylation sites (N-methyl/N-ethyl adjacent to an activating group) is 1. The number of nitrogens with zero attached hydrogens (tertiary/aromatic N) is 2. The standard InChI is InChI=1S/C18H39N3O2S2/c1-18(2,3)14-19-25(22,23)17-7-6-16(12-17)13-24(5)15-21-10-8-20(4)9-11-21/h16-17,19,24H,6-15H2,1-5H3. The maximum absolute atomic E-state index is 12.5. The summed E-state index contributed by atoms with van der Waals surface area (Å²) in [6.45, 7) is 11.4. The summed E-state index contributed by atoms with van der Waals surface area (Å²) in [5.41, 5.74) is -0.00860. The van der Waals surface area contributed by atoms with Gasteiger partial charge in [-0.15, -0.1) is 0 Å². The molecule has 0 radical (unpaired) electrons. The summed E-state index contributed by atoms with van der Waals surface area (Å²) < 4.78 is 27.9. The number of piperazine rings is 1. The molecule has 150 valence electrons. The van der Waals surface area contributed by atoms with Crippen LogP contribution in [0.3, 0.4) is 0 Å². The fraction of sp³-hybridized carbons (Fsp3) is 1.00. The lowest BCUT2D eigenvalue weighted by atomic mass is 9.98. The van der Waals surface area contributed by atoms with E-state index in [-0.39, 0.29) is 21.6 Å². The Bertz CT molecular complexity index is 511. The maximum Gasteiger partial charge on any atom is 0.214 e. The first-order valence-corrected chi connectivity index (χ1v) is 13.3. The maximum atomic E-state index is 12.5. The average Bonchev–Trinajstić information content (AvgIpc) is 2.96. The predicted molar refractivity (Wildman–Crippen MR) is 111 cm³/mol. The second-order valence-electron chi connectivity index (χ2n) is 9.33. The third kappa shape index (κ3) is 7.37. The summed E-state index contributed by atoms with van der Waals surface area (Å²) >= 11 is 0. The van der Waals surface area contributed by atoms with Gasteiger partial charge < -0.3 is 4.90 Å². The van der Waals surface area contributed by atoms with E-state index in [1.54, 1.807) is 0 Å². The molecule has 0 bridgehead atoms. The first-order valence-electron chi connectivity index (χ1n) is 9.63. The lowest BCUT2D eigenvalue weighted by molar-refractivity contribution is 0.174. The fourth-order valence-electron chi connectivity index (χ4n) is 3.74. The van der Waals surface area contributed by atoms with Crippen molar-refractivity contribution in [1.82, 2.24) is 14.5 Å². The van der Waals surface area contributed by atoms with Crippen LogP contribution in [-0.2, 0) is 10.0 Å². The van der Waals surface area contributed by atoms with Crippen molar-refractivity contribution in [2.24, 2.45) is 11.3 Å². The molecular formula is C18H39N3O2S2. The van der Waals surface area contributed by atoms with E-state index in [1.165, 1.54) is 37.8 Å². The molecule has 1 saturated carbocycles. The van der Waals surface area contributed by atoms with Crippen LogP contribution in [0.15, 0.2) is 0 Å². The first-order chi connectivity index (χ1) is 11.5. The van der Waals surface area contributed by atoms with Crippen molar-refractivity contribution < 1.29 is 8.42 Å². The van der Waals surface area contributed by atoms with Gasteiger partial charge in [0.05, 0.1) is 5.25 Å². The van der Waals surface area contributed by atoms with E-state index >= 15 is 0 Å². The normalized spacial score (nSPS) is 29.1. The number of rotatable bonds is 7. The lowest BCUT2D eigenvalue weighted by Gasteiger charge is -2.35. The molecule has 25 heavy (non-hydrogen) atoms. The summed E-state index contributed by atoms with van der Waals surface area (Å²) in [5.74, 6) is 3.05. The van der Waals surface area contributed by atoms with Gasteiger partial charge in [-0.3, -0.25) is 4.90 Å². The number of nitrogens with one attached hydrogen (secondary N) is 1. The van der Waals surface area contributed by atoms with Crippen LogP contribution in [-0.4, -0.2) is 81.1 Å². The number of hydrogen-bond acceptors (Lipinski definition) is 4. The highest BCUT2D eigenvalue weighted by molar-refractivity contribution is 8.16. The second-order valence-corrected chi connectivity index (χ2v) is 13.7. The average molecular weight is 394 g/mol. The zero-order chi connectivity index (χ0) is 18.7. The van der Waals surface area contributed by atoms with Crippen LogP contribution >= 0.6 is 10.9 Å². The topological polar surface area (TPSA) is 52.7 Å². The van der Waals surface area contributed by atoms with E-state index in [2.05, 4.69) is 48.6 Å². The van der Waals surface area contributed by atoms with Crippen molar-refractivity contribution in [1.29, 1.82) is 0 Å². The molecule has 0 spiro atoms. The van der Waals surface area contributed by atoms with Crippen molar-refractivity contribution in [3.63, 3.8) is 0 Å². The molecule has 3 atom stereocenters. The van der Waals surface area contributed by atoms with E-state index < -0.39 is 10.0 Å². The molecule has 1 heterocycles. The highest BCUT2D eigenvalue weighted by Gasteiger charge is 2.35. The van der Waals surface area contributed by atoms with Gasteiger partial charge in [0.15, 0.2) is 0 Å². The minimum Gasteiger partial charge on any atom is -0.304 e. The molecule has 7 heteroatoms. The van der Waals surface area contributed by atoms with Gasteiger partial charge in [0.1, 0.15) is 0 Å². The summed E-state index contributed by atoms with van der Waals surface area (Å²) in [6, 6.07) is 0. The highest BCUT2D eigenvalue weighted by atomic mass is 32.2. The van der Waals surface area contributed by atoms with Crippen LogP contribution in [0.1, 0.15) is 40.0 Å². The van der Waals surface area contributed by atoms with Crippen molar-refractivity contribution in [3.8, 4) is 0 Å². The largest absolute Gasteiger partial charge is 0.304 e. The van der Waals surface area contributed by atoms with E-state index in [0.29, 0.717) is 12.5 Å². The SMILES string of the molecule is CN1CCN(C[SH](C)CC2CCC(S(=O)(=O)NCC(C)(C)C)C2)CC1. The Hall–Kier alpha value is 0.180. The molecule has 1 saturated heterocycles.